The molecule has 0 bridgehead atoms. The van der Waals surface area contributed by atoms with Crippen LogP contribution in [0.4, 0.5) is 0 Å². The van der Waals surface area contributed by atoms with Crippen LogP contribution in [-0.4, -0.2) is 80.8 Å². The number of methoxy groups -OCH3 is 1. The lowest BCUT2D eigenvalue weighted by Crippen LogP contribution is -2.51. The van der Waals surface area contributed by atoms with Crippen molar-refractivity contribution < 1.29 is 23.8 Å². The van der Waals surface area contributed by atoms with Gasteiger partial charge in [0.1, 0.15) is 12.4 Å². The summed E-state index contributed by atoms with van der Waals surface area (Å²) in [6, 6.07) is 7.13. The minimum absolute atomic E-state index is 0.0284. The first-order chi connectivity index (χ1) is 13.2. The van der Waals surface area contributed by atoms with Crippen LogP contribution in [0.25, 0.3) is 0 Å². The van der Waals surface area contributed by atoms with Crippen molar-refractivity contribution in [3.63, 3.8) is 0 Å². The number of piperazine rings is 1. The number of nitrogens with zero attached hydrogens (tertiary/aromatic N) is 2. The van der Waals surface area contributed by atoms with Crippen molar-refractivity contribution in [1.82, 2.24) is 9.80 Å². The van der Waals surface area contributed by atoms with Gasteiger partial charge in [-0.3, -0.25) is 9.59 Å². The summed E-state index contributed by atoms with van der Waals surface area (Å²) in [5.41, 5.74) is 0.602. The van der Waals surface area contributed by atoms with E-state index in [-0.39, 0.29) is 24.5 Å². The van der Waals surface area contributed by atoms with Crippen LogP contribution >= 0.6 is 0 Å². The van der Waals surface area contributed by atoms with Crippen LogP contribution in [-0.2, 0) is 14.3 Å². The van der Waals surface area contributed by atoms with Crippen LogP contribution in [0.1, 0.15) is 29.6 Å². The molecule has 2 aliphatic heterocycles. The van der Waals surface area contributed by atoms with Gasteiger partial charge in [0, 0.05) is 38.3 Å². The quantitative estimate of drug-likeness (QED) is 0.754. The Kier molecular flexibility index (Phi) is 7.06. The number of amides is 2. The molecule has 0 aromatic heterocycles. The Morgan fingerprint density at radius 2 is 1.93 bits per heavy atom. The maximum absolute atomic E-state index is 12.6. The summed E-state index contributed by atoms with van der Waals surface area (Å²) >= 11 is 0. The second kappa shape index (κ2) is 9.71. The molecule has 7 nitrogen and oxygen atoms in total. The van der Waals surface area contributed by atoms with Crippen molar-refractivity contribution in [2.45, 2.75) is 25.4 Å². The van der Waals surface area contributed by atoms with Crippen LogP contribution in [0.5, 0.6) is 5.75 Å². The molecule has 2 fully saturated rings. The van der Waals surface area contributed by atoms with Crippen molar-refractivity contribution in [3.8, 4) is 5.75 Å². The molecule has 0 N–H and O–H groups in total. The first-order valence-corrected chi connectivity index (χ1v) is 9.58. The molecule has 7 heteroatoms. The average Bonchev–Trinajstić information content (AvgIpc) is 2.74. The van der Waals surface area contributed by atoms with Crippen LogP contribution in [0.15, 0.2) is 24.3 Å². The zero-order chi connectivity index (χ0) is 19.1. The van der Waals surface area contributed by atoms with Gasteiger partial charge >= 0.3 is 0 Å². The third kappa shape index (κ3) is 5.43. The van der Waals surface area contributed by atoms with E-state index in [0.717, 1.165) is 25.9 Å². The lowest BCUT2D eigenvalue weighted by Gasteiger charge is -2.35. The smallest absolute Gasteiger partial charge is 0.254 e. The van der Waals surface area contributed by atoms with E-state index in [0.29, 0.717) is 44.1 Å². The van der Waals surface area contributed by atoms with E-state index >= 15 is 0 Å². The molecule has 3 rings (SSSR count). The molecule has 1 atom stereocenters. The Bertz CT molecular complexity index is 637. The van der Waals surface area contributed by atoms with E-state index in [1.807, 2.05) is 6.07 Å². The van der Waals surface area contributed by atoms with Crippen molar-refractivity contribution in [3.05, 3.63) is 29.8 Å². The molecule has 1 aromatic carbocycles. The van der Waals surface area contributed by atoms with Crippen LogP contribution < -0.4 is 4.74 Å². The summed E-state index contributed by atoms with van der Waals surface area (Å²) < 4.78 is 16.3. The molecule has 2 saturated heterocycles. The fourth-order valence-electron chi connectivity index (χ4n) is 3.41. The van der Waals surface area contributed by atoms with Gasteiger partial charge in [-0.2, -0.15) is 0 Å². The molecule has 0 radical (unpaired) electrons. The third-order valence-electron chi connectivity index (χ3n) is 5.04. The number of carbonyl (C=O) groups is 2. The molecule has 0 spiro atoms. The van der Waals surface area contributed by atoms with Crippen molar-refractivity contribution in [1.29, 1.82) is 0 Å². The molecular formula is C20H28N2O5. The van der Waals surface area contributed by atoms with Gasteiger partial charge < -0.3 is 24.0 Å². The van der Waals surface area contributed by atoms with Crippen molar-refractivity contribution in [2.75, 3.05) is 53.1 Å². The van der Waals surface area contributed by atoms with E-state index in [1.165, 1.54) is 0 Å². The van der Waals surface area contributed by atoms with Gasteiger partial charge in [-0.25, -0.2) is 0 Å². The summed E-state index contributed by atoms with van der Waals surface area (Å²) in [7, 11) is 1.58. The number of ether oxygens (including phenoxy) is 3. The van der Waals surface area contributed by atoms with Crippen molar-refractivity contribution >= 4 is 11.8 Å². The molecular weight excluding hydrogens is 348 g/mol. The maximum atomic E-state index is 12.6. The summed E-state index contributed by atoms with van der Waals surface area (Å²) in [5.74, 6) is 0.597. The minimum atomic E-state index is -0.0355. The molecule has 0 aliphatic carbocycles. The normalized spacial score (nSPS) is 20.4. The molecule has 148 valence electrons. The highest BCUT2D eigenvalue weighted by atomic mass is 16.5. The van der Waals surface area contributed by atoms with E-state index in [4.69, 9.17) is 14.2 Å². The molecule has 0 saturated carbocycles. The maximum Gasteiger partial charge on any atom is 0.254 e. The van der Waals surface area contributed by atoms with Crippen LogP contribution in [0.2, 0.25) is 0 Å². The molecule has 1 aromatic rings. The first-order valence-electron chi connectivity index (χ1n) is 9.58. The van der Waals surface area contributed by atoms with E-state index in [1.54, 1.807) is 35.1 Å². The van der Waals surface area contributed by atoms with Gasteiger partial charge in [0.15, 0.2) is 0 Å². The molecule has 2 aliphatic rings. The number of hydrogen-bond donors (Lipinski definition) is 0. The fraction of sp³-hybridized carbons (Fsp3) is 0.600. The summed E-state index contributed by atoms with van der Waals surface area (Å²) in [5, 5.41) is 0. The summed E-state index contributed by atoms with van der Waals surface area (Å²) in [6.07, 6.45) is 3.38. The Morgan fingerprint density at radius 3 is 2.63 bits per heavy atom. The van der Waals surface area contributed by atoms with Gasteiger partial charge in [-0.15, -0.1) is 0 Å². The second-order valence-electron chi connectivity index (χ2n) is 6.91. The second-order valence-corrected chi connectivity index (χ2v) is 6.91. The Hall–Kier alpha value is -2.12. The van der Waals surface area contributed by atoms with Gasteiger partial charge in [-0.05, 0) is 37.5 Å². The topological polar surface area (TPSA) is 68.3 Å². The minimum Gasteiger partial charge on any atom is -0.497 e. The lowest BCUT2D eigenvalue weighted by molar-refractivity contribution is -0.139. The summed E-state index contributed by atoms with van der Waals surface area (Å²) in [4.78, 5) is 28.5. The van der Waals surface area contributed by atoms with Gasteiger partial charge in [0.25, 0.3) is 5.91 Å². The summed E-state index contributed by atoms with van der Waals surface area (Å²) in [6.45, 7) is 3.42. The number of benzene rings is 1. The van der Waals surface area contributed by atoms with Crippen LogP contribution in [0, 0.1) is 0 Å². The molecule has 27 heavy (non-hydrogen) atoms. The van der Waals surface area contributed by atoms with Gasteiger partial charge in [-0.1, -0.05) is 6.07 Å². The Balaban J connectivity index is 1.41. The molecule has 0 unspecified atom stereocenters. The monoisotopic (exact) mass is 376 g/mol. The number of rotatable bonds is 6. The van der Waals surface area contributed by atoms with E-state index in [9.17, 15) is 9.59 Å². The zero-order valence-corrected chi connectivity index (χ0v) is 15.9. The average molecular weight is 376 g/mol. The highest BCUT2D eigenvalue weighted by molar-refractivity contribution is 5.94. The van der Waals surface area contributed by atoms with E-state index in [2.05, 4.69) is 0 Å². The fourth-order valence-corrected chi connectivity index (χ4v) is 3.41. The van der Waals surface area contributed by atoms with Gasteiger partial charge in [0.05, 0.1) is 19.8 Å². The van der Waals surface area contributed by atoms with Crippen LogP contribution in [0.3, 0.4) is 0 Å². The number of carbonyl (C=O) groups excluding carboxylic acids is 2. The predicted molar refractivity (Wildman–Crippen MR) is 99.9 cm³/mol. The van der Waals surface area contributed by atoms with Crippen molar-refractivity contribution in [2.24, 2.45) is 0 Å². The van der Waals surface area contributed by atoms with Gasteiger partial charge in [0.2, 0.25) is 5.91 Å². The largest absolute Gasteiger partial charge is 0.497 e. The third-order valence-corrected chi connectivity index (χ3v) is 5.04. The standard InChI is InChI=1S/C20H28N2O5/c1-25-17-7-4-5-16(13-17)20(24)22-10-8-21(9-11-22)19(23)15-26-14-18-6-2-3-12-27-18/h4-5,7,13,18H,2-3,6,8-12,14-15H2,1H3/t18-/m1/s1. The first kappa shape index (κ1) is 19.6. The predicted octanol–water partition coefficient (Wildman–Crippen LogP) is 1.57. The highest BCUT2D eigenvalue weighted by Crippen LogP contribution is 2.16. The molecule has 2 amide bonds. The Morgan fingerprint density at radius 1 is 1.15 bits per heavy atom. The number of hydrogen-bond acceptors (Lipinski definition) is 5. The Labute approximate surface area is 160 Å². The van der Waals surface area contributed by atoms with E-state index < -0.39 is 0 Å². The molecule has 2 heterocycles. The SMILES string of the molecule is COc1cccc(C(=O)N2CCN(C(=O)COC[C@H]3CCCCO3)CC2)c1. The zero-order valence-electron chi connectivity index (χ0n) is 15.9. The lowest BCUT2D eigenvalue weighted by atomic mass is 10.1. The highest BCUT2D eigenvalue weighted by Gasteiger charge is 2.25.